The van der Waals surface area contributed by atoms with Gasteiger partial charge in [0.05, 0.1) is 0 Å². The van der Waals surface area contributed by atoms with Crippen LogP contribution < -0.4 is 0 Å². The number of nitrogens with zero attached hydrogens (tertiary/aromatic N) is 2. The van der Waals surface area contributed by atoms with E-state index in [1.165, 1.54) is 15.3 Å². The predicted octanol–water partition coefficient (Wildman–Crippen LogP) is 3.57. The highest BCUT2D eigenvalue weighted by molar-refractivity contribution is 7.92. The first-order valence-corrected chi connectivity index (χ1v) is 11.0. The van der Waals surface area contributed by atoms with Crippen LogP contribution in [0.15, 0.2) is 60.0 Å². The van der Waals surface area contributed by atoms with Crippen LogP contribution in [0.4, 0.5) is 0 Å². The summed E-state index contributed by atoms with van der Waals surface area (Å²) >= 11 is 0. The predicted molar refractivity (Wildman–Crippen MR) is 112 cm³/mol. The molecule has 28 heavy (non-hydrogen) atoms. The van der Waals surface area contributed by atoms with Crippen molar-refractivity contribution in [1.82, 2.24) is 9.21 Å². The number of benzene rings is 2. The van der Waals surface area contributed by atoms with Gasteiger partial charge in [0, 0.05) is 37.2 Å². The second-order valence-corrected chi connectivity index (χ2v) is 9.04. The number of hydrogen-bond acceptors (Lipinski definition) is 3. The maximum atomic E-state index is 12.7. The van der Waals surface area contributed by atoms with Crippen LogP contribution in [0.25, 0.3) is 6.08 Å². The first kappa shape index (κ1) is 20.3. The van der Waals surface area contributed by atoms with Crippen LogP contribution in [0.1, 0.15) is 41.3 Å². The van der Waals surface area contributed by atoms with Gasteiger partial charge in [0.15, 0.2) is 0 Å². The van der Waals surface area contributed by atoms with Gasteiger partial charge in [-0.1, -0.05) is 56.3 Å². The molecule has 1 aliphatic rings. The Morgan fingerprint density at radius 3 is 2.11 bits per heavy atom. The molecule has 2 aromatic rings. The maximum Gasteiger partial charge on any atom is 0.253 e. The number of carbonyl (C=O) groups excluding carboxylic acids is 1. The van der Waals surface area contributed by atoms with Crippen molar-refractivity contribution >= 4 is 22.0 Å². The topological polar surface area (TPSA) is 57.7 Å². The van der Waals surface area contributed by atoms with E-state index in [0.29, 0.717) is 37.7 Å². The van der Waals surface area contributed by atoms with Crippen molar-refractivity contribution < 1.29 is 13.2 Å². The molecule has 0 atom stereocenters. The standard InChI is InChI=1S/C22H26N2O3S/c1-18(2)20-8-10-21(11-9-20)22(25)23-13-15-24(16-14-23)28(26,27)17-12-19-6-4-3-5-7-19/h3-12,17-18H,13-16H2,1-2H3/b17-12+. The van der Waals surface area contributed by atoms with E-state index in [2.05, 4.69) is 13.8 Å². The molecule has 0 unspecified atom stereocenters. The lowest BCUT2D eigenvalue weighted by Gasteiger charge is -2.33. The van der Waals surface area contributed by atoms with E-state index in [4.69, 9.17) is 0 Å². The highest BCUT2D eigenvalue weighted by Gasteiger charge is 2.27. The lowest BCUT2D eigenvalue weighted by atomic mass is 10.0. The minimum Gasteiger partial charge on any atom is -0.336 e. The van der Waals surface area contributed by atoms with E-state index in [-0.39, 0.29) is 5.91 Å². The van der Waals surface area contributed by atoms with Crippen LogP contribution in [0.5, 0.6) is 0 Å². The van der Waals surface area contributed by atoms with Crippen LogP contribution in [-0.2, 0) is 10.0 Å². The van der Waals surface area contributed by atoms with Crippen molar-refractivity contribution in [1.29, 1.82) is 0 Å². The zero-order valence-electron chi connectivity index (χ0n) is 16.3. The first-order valence-electron chi connectivity index (χ1n) is 9.49. The van der Waals surface area contributed by atoms with Gasteiger partial charge in [-0.3, -0.25) is 4.79 Å². The lowest BCUT2D eigenvalue weighted by Crippen LogP contribution is -2.50. The second-order valence-electron chi connectivity index (χ2n) is 7.23. The Kier molecular flexibility index (Phi) is 6.31. The summed E-state index contributed by atoms with van der Waals surface area (Å²) in [4.78, 5) is 14.4. The third kappa shape index (κ3) is 4.88. The molecule has 6 heteroatoms. The fourth-order valence-electron chi connectivity index (χ4n) is 3.15. The summed E-state index contributed by atoms with van der Waals surface area (Å²) in [5.41, 5.74) is 2.67. The number of carbonyl (C=O) groups is 1. The molecular weight excluding hydrogens is 372 g/mol. The molecule has 0 aliphatic carbocycles. The van der Waals surface area contributed by atoms with Crippen LogP contribution in [0, 0.1) is 0 Å². The van der Waals surface area contributed by atoms with Crippen molar-refractivity contribution in [2.45, 2.75) is 19.8 Å². The molecule has 1 heterocycles. The molecule has 1 amide bonds. The van der Waals surface area contributed by atoms with E-state index >= 15 is 0 Å². The van der Waals surface area contributed by atoms with E-state index < -0.39 is 10.0 Å². The van der Waals surface area contributed by atoms with Crippen molar-refractivity contribution in [2.75, 3.05) is 26.2 Å². The van der Waals surface area contributed by atoms with Gasteiger partial charge in [0.1, 0.15) is 0 Å². The van der Waals surface area contributed by atoms with Crippen molar-refractivity contribution in [3.8, 4) is 0 Å². The highest BCUT2D eigenvalue weighted by Crippen LogP contribution is 2.17. The summed E-state index contributed by atoms with van der Waals surface area (Å²) in [5.74, 6) is 0.369. The summed E-state index contributed by atoms with van der Waals surface area (Å²) in [6, 6.07) is 17.0. The minimum atomic E-state index is -3.50. The van der Waals surface area contributed by atoms with Gasteiger partial charge >= 0.3 is 0 Å². The number of sulfonamides is 1. The van der Waals surface area contributed by atoms with Gasteiger partial charge in [-0.2, -0.15) is 4.31 Å². The van der Waals surface area contributed by atoms with Crippen LogP contribution in [0.2, 0.25) is 0 Å². The highest BCUT2D eigenvalue weighted by atomic mass is 32.2. The van der Waals surface area contributed by atoms with Gasteiger partial charge in [0.25, 0.3) is 5.91 Å². The second kappa shape index (κ2) is 8.71. The fourth-order valence-corrected chi connectivity index (χ4v) is 4.33. The molecule has 0 saturated carbocycles. The zero-order valence-corrected chi connectivity index (χ0v) is 17.1. The summed E-state index contributed by atoms with van der Waals surface area (Å²) in [5, 5.41) is 1.24. The Morgan fingerprint density at radius 1 is 0.929 bits per heavy atom. The molecule has 0 aromatic heterocycles. The van der Waals surface area contributed by atoms with Crippen LogP contribution >= 0.6 is 0 Å². The van der Waals surface area contributed by atoms with Gasteiger partial charge in [-0.05, 0) is 35.3 Å². The van der Waals surface area contributed by atoms with Crippen molar-refractivity contribution in [3.63, 3.8) is 0 Å². The maximum absolute atomic E-state index is 12.7. The third-order valence-electron chi connectivity index (χ3n) is 4.94. The largest absolute Gasteiger partial charge is 0.336 e. The molecule has 0 bridgehead atoms. The van der Waals surface area contributed by atoms with E-state index in [1.54, 1.807) is 11.0 Å². The molecule has 1 fully saturated rings. The minimum absolute atomic E-state index is 0.0489. The Labute approximate surface area is 167 Å². The Morgan fingerprint density at radius 2 is 1.54 bits per heavy atom. The molecular formula is C22H26N2O3S. The van der Waals surface area contributed by atoms with Gasteiger partial charge in [-0.25, -0.2) is 8.42 Å². The van der Waals surface area contributed by atoms with Crippen LogP contribution in [0.3, 0.4) is 0 Å². The average molecular weight is 399 g/mol. The Hall–Kier alpha value is -2.44. The first-order chi connectivity index (χ1) is 13.4. The molecule has 148 valence electrons. The Balaban J connectivity index is 1.60. The monoisotopic (exact) mass is 398 g/mol. The summed E-state index contributed by atoms with van der Waals surface area (Å²) in [6.07, 6.45) is 1.60. The third-order valence-corrected chi connectivity index (χ3v) is 6.51. The summed E-state index contributed by atoms with van der Waals surface area (Å²) < 4.78 is 26.5. The summed E-state index contributed by atoms with van der Waals surface area (Å²) in [6.45, 7) is 5.62. The molecule has 1 saturated heterocycles. The smallest absolute Gasteiger partial charge is 0.253 e. The normalized spacial score (nSPS) is 16.0. The molecule has 3 rings (SSSR count). The lowest BCUT2D eigenvalue weighted by molar-refractivity contribution is 0.0698. The number of amides is 1. The van der Waals surface area contributed by atoms with Crippen molar-refractivity contribution in [2.24, 2.45) is 0 Å². The zero-order chi connectivity index (χ0) is 20.1. The number of hydrogen-bond donors (Lipinski definition) is 0. The Bertz CT molecular complexity index is 928. The number of rotatable bonds is 5. The van der Waals surface area contributed by atoms with E-state index in [0.717, 1.165) is 5.56 Å². The molecule has 0 N–H and O–H groups in total. The van der Waals surface area contributed by atoms with Crippen LogP contribution in [-0.4, -0.2) is 49.7 Å². The fraction of sp³-hybridized carbons (Fsp3) is 0.318. The molecule has 0 spiro atoms. The molecule has 1 aliphatic heterocycles. The SMILES string of the molecule is CC(C)c1ccc(C(=O)N2CCN(S(=O)(=O)/C=C/c3ccccc3)CC2)cc1. The number of piperazine rings is 1. The average Bonchev–Trinajstić information content (AvgIpc) is 2.73. The molecule has 5 nitrogen and oxygen atoms in total. The van der Waals surface area contributed by atoms with E-state index in [1.807, 2.05) is 54.6 Å². The molecule has 2 aromatic carbocycles. The quantitative estimate of drug-likeness (QED) is 0.774. The van der Waals surface area contributed by atoms with Gasteiger partial charge in [-0.15, -0.1) is 0 Å². The molecule has 0 radical (unpaired) electrons. The van der Waals surface area contributed by atoms with Gasteiger partial charge < -0.3 is 4.90 Å². The van der Waals surface area contributed by atoms with Crippen molar-refractivity contribution in [3.05, 3.63) is 76.7 Å². The summed E-state index contributed by atoms with van der Waals surface area (Å²) in [7, 11) is -3.50. The van der Waals surface area contributed by atoms with E-state index in [9.17, 15) is 13.2 Å². The van der Waals surface area contributed by atoms with Gasteiger partial charge in [0.2, 0.25) is 10.0 Å².